The molecule has 0 aliphatic heterocycles. The Kier molecular flexibility index (Phi) is 3.82. The average molecular weight is 232 g/mol. The van der Waals surface area contributed by atoms with E-state index in [1.807, 2.05) is 0 Å². The molecule has 1 aromatic carbocycles. The normalized spacial score (nSPS) is 17.2. The number of carbonyl (C=O) groups excluding carboxylic acids is 1. The lowest BCUT2D eigenvalue weighted by Gasteiger charge is -2.23. The topological polar surface area (TPSA) is 26.3 Å². The van der Waals surface area contributed by atoms with Crippen LogP contribution in [0.4, 0.5) is 0 Å². The van der Waals surface area contributed by atoms with Gasteiger partial charge in [0.05, 0.1) is 7.11 Å². The van der Waals surface area contributed by atoms with Gasteiger partial charge < -0.3 is 4.74 Å². The van der Waals surface area contributed by atoms with Gasteiger partial charge in [-0.15, -0.1) is 0 Å². The van der Waals surface area contributed by atoms with E-state index < -0.39 is 0 Å². The Balaban J connectivity index is 2.25. The molecule has 0 radical (unpaired) electrons. The predicted molar refractivity (Wildman–Crippen MR) is 68.6 cm³/mol. The second-order valence-corrected chi connectivity index (χ2v) is 4.74. The molecule has 0 spiro atoms. The highest BCUT2D eigenvalue weighted by Gasteiger charge is 2.22. The second-order valence-electron chi connectivity index (χ2n) is 4.74. The van der Waals surface area contributed by atoms with Crippen molar-refractivity contribution in [2.45, 2.75) is 44.9 Å². The molecule has 2 rings (SSSR count). The average Bonchev–Trinajstić information content (AvgIpc) is 2.39. The van der Waals surface area contributed by atoms with Gasteiger partial charge in [-0.1, -0.05) is 19.1 Å². The first-order chi connectivity index (χ1) is 8.24. The van der Waals surface area contributed by atoms with Crippen LogP contribution in [0.25, 0.3) is 0 Å². The highest BCUT2D eigenvalue weighted by molar-refractivity contribution is 5.79. The number of methoxy groups -OCH3 is 1. The highest BCUT2D eigenvalue weighted by atomic mass is 16.5. The minimum absolute atomic E-state index is 0.409. The lowest BCUT2D eigenvalue weighted by Crippen LogP contribution is -2.13. The van der Waals surface area contributed by atoms with Crippen LogP contribution in [0.3, 0.4) is 0 Å². The minimum atomic E-state index is 0.409. The van der Waals surface area contributed by atoms with Crippen LogP contribution in [0.2, 0.25) is 0 Å². The smallest absolute Gasteiger partial charge is 0.132 e. The number of ether oxygens (including phenoxy) is 1. The van der Waals surface area contributed by atoms with E-state index in [2.05, 4.69) is 25.1 Å². The summed E-state index contributed by atoms with van der Waals surface area (Å²) in [4.78, 5) is 11.3. The van der Waals surface area contributed by atoms with Gasteiger partial charge in [0.2, 0.25) is 0 Å². The van der Waals surface area contributed by atoms with E-state index in [-0.39, 0.29) is 0 Å². The maximum atomic E-state index is 11.3. The van der Waals surface area contributed by atoms with Crippen molar-refractivity contribution in [2.75, 3.05) is 7.11 Å². The zero-order valence-electron chi connectivity index (χ0n) is 10.7. The Morgan fingerprint density at radius 3 is 2.59 bits per heavy atom. The molecule has 2 heteroatoms. The third-order valence-electron chi connectivity index (χ3n) is 3.69. The van der Waals surface area contributed by atoms with E-state index >= 15 is 0 Å². The van der Waals surface area contributed by atoms with E-state index in [9.17, 15) is 4.79 Å². The molecule has 1 aliphatic carbocycles. The summed E-state index contributed by atoms with van der Waals surface area (Å²) in [5, 5.41) is 0. The van der Waals surface area contributed by atoms with Gasteiger partial charge in [0.15, 0.2) is 0 Å². The zero-order valence-corrected chi connectivity index (χ0v) is 10.7. The van der Waals surface area contributed by atoms with E-state index in [1.165, 1.54) is 11.1 Å². The number of hydrogen-bond acceptors (Lipinski definition) is 2. The molecule has 0 unspecified atom stereocenters. The molecule has 0 N–H and O–H groups in total. The van der Waals surface area contributed by atoms with Crippen molar-refractivity contribution < 1.29 is 9.53 Å². The number of carbonyl (C=O) groups is 1. The number of benzene rings is 1. The summed E-state index contributed by atoms with van der Waals surface area (Å²) in [5.74, 6) is 1.88. The number of hydrogen-bond donors (Lipinski definition) is 0. The van der Waals surface area contributed by atoms with Crippen molar-refractivity contribution in [1.29, 1.82) is 0 Å². The van der Waals surface area contributed by atoms with Crippen molar-refractivity contribution in [3.05, 3.63) is 29.3 Å². The fraction of sp³-hybridized carbons (Fsp3) is 0.533. The van der Waals surface area contributed by atoms with E-state index in [0.29, 0.717) is 11.7 Å². The molecule has 1 saturated carbocycles. The maximum absolute atomic E-state index is 11.3. The van der Waals surface area contributed by atoms with Crippen LogP contribution in [-0.2, 0) is 11.2 Å². The first-order valence-electron chi connectivity index (χ1n) is 6.43. The molecule has 1 fully saturated rings. The van der Waals surface area contributed by atoms with Gasteiger partial charge in [0.1, 0.15) is 11.5 Å². The van der Waals surface area contributed by atoms with Crippen LogP contribution in [-0.4, -0.2) is 12.9 Å². The first-order valence-corrected chi connectivity index (χ1v) is 6.43. The summed E-state index contributed by atoms with van der Waals surface area (Å²) < 4.78 is 5.44. The van der Waals surface area contributed by atoms with Crippen LogP contribution >= 0.6 is 0 Å². The van der Waals surface area contributed by atoms with Crippen molar-refractivity contribution >= 4 is 5.78 Å². The molecule has 1 aliphatic rings. The monoisotopic (exact) mass is 232 g/mol. The van der Waals surface area contributed by atoms with Crippen molar-refractivity contribution in [3.8, 4) is 5.75 Å². The zero-order chi connectivity index (χ0) is 12.3. The van der Waals surface area contributed by atoms with Crippen LogP contribution in [0.15, 0.2) is 18.2 Å². The van der Waals surface area contributed by atoms with Gasteiger partial charge in [-0.3, -0.25) is 4.79 Å². The number of Topliss-reactive ketones (excluding diaryl/α,β-unsaturated/α-hetero) is 1. The van der Waals surface area contributed by atoms with Gasteiger partial charge in [0.25, 0.3) is 0 Å². The lowest BCUT2D eigenvalue weighted by molar-refractivity contribution is -0.120. The highest BCUT2D eigenvalue weighted by Crippen LogP contribution is 2.36. The quantitative estimate of drug-likeness (QED) is 0.797. The molecule has 92 valence electrons. The summed E-state index contributed by atoms with van der Waals surface area (Å²) in [7, 11) is 1.72. The Hall–Kier alpha value is -1.31. The molecule has 0 saturated heterocycles. The second kappa shape index (κ2) is 5.35. The summed E-state index contributed by atoms with van der Waals surface area (Å²) in [6.45, 7) is 2.16. The molecule has 2 nitrogen and oxygen atoms in total. The van der Waals surface area contributed by atoms with Crippen molar-refractivity contribution in [3.63, 3.8) is 0 Å². The first kappa shape index (κ1) is 12.2. The van der Waals surface area contributed by atoms with Gasteiger partial charge in [-0.2, -0.15) is 0 Å². The van der Waals surface area contributed by atoms with E-state index in [0.717, 1.165) is 37.9 Å². The summed E-state index contributed by atoms with van der Waals surface area (Å²) >= 11 is 0. The predicted octanol–water partition coefficient (Wildman–Crippen LogP) is 3.48. The summed E-state index contributed by atoms with van der Waals surface area (Å²) in [6.07, 6.45) is 4.45. The molecule has 0 aromatic heterocycles. The third kappa shape index (κ3) is 2.68. The molecule has 0 amide bonds. The summed E-state index contributed by atoms with van der Waals surface area (Å²) in [5.41, 5.74) is 2.64. The fourth-order valence-electron chi connectivity index (χ4n) is 2.57. The van der Waals surface area contributed by atoms with Crippen LogP contribution in [0.1, 0.15) is 49.7 Å². The molecular weight excluding hydrogens is 212 g/mol. The number of ketones is 1. The van der Waals surface area contributed by atoms with E-state index in [4.69, 9.17) is 4.74 Å². The Bertz CT molecular complexity index is 399. The Morgan fingerprint density at radius 1 is 1.29 bits per heavy atom. The van der Waals surface area contributed by atoms with Crippen LogP contribution < -0.4 is 4.74 Å². The van der Waals surface area contributed by atoms with E-state index in [1.54, 1.807) is 7.11 Å². The fourth-order valence-corrected chi connectivity index (χ4v) is 2.57. The van der Waals surface area contributed by atoms with Gasteiger partial charge >= 0.3 is 0 Å². The molecular formula is C15H20O2. The molecule has 0 atom stereocenters. The standard InChI is InChI=1S/C15H20O2/c1-3-11-4-9-15(17-2)14(10-11)12-5-7-13(16)8-6-12/h4,9-10,12H,3,5-8H2,1-2H3. The third-order valence-corrected chi connectivity index (χ3v) is 3.69. The van der Waals surface area contributed by atoms with Crippen LogP contribution in [0, 0.1) is 0 Å². The largest absolute Gasteiger partial charge is 0.496 e. The molecule has 17 heavy (non-hydrogen) atoms. The summed E-state index contributed by atoms with van der Waals surface area (Å²) in [6, 6.07) is 6.43. The van der Waals surface area contributed by atoms with Crippen LogP contribution in [0.5, 0.6) is 5.75 Å². The number of aryl methyl sites for hydroxylation is 1. The minimum Gasteiger partial charge on any atom is -0.496 e. The Morgan fingerprint density at radius 2 is 2.00 bits per heavy atom. The van der Waals surface area contributed by atoms with Crippen molar-refractivity contribution in [1.82, 2.24) is 0 Å². The number of rotatable bonds is 3. The molecule has 0 bridgehead atoms. The SMILES string of the molecule is CCc1ccc(OC)c(C2CCC(=O)CC2)c1. The van der Waals surface area contributed by atoms with Crippen molar-refractivity contribution in [2.24, 2.45) is 0 Å². The lowest BCUT2D eigenvalue weighted by atomic mass is 9.82. The molecule has 1 aromatic rings. The maximum Gasteiger partial charge on any atom is 0.132 e. The van der Waals surface area contributed by atoms with Gasteiger partial charge in [-0.05, 0) is 42.4 Å². The van der Waals surface area contributed by atoms with Gasteiger partial charge in [-0.25, -0.2) is 0 Å². The Labute approximate surface area is 103 Å². The van der Waals surface area contributed by atoms with Gasteiger partial charge in [0, 0.05) is 12.8 Å². The molecule has 0 heterocycles.